The molecule has 2 aliphatic carbocycles. The van der Waals surface area contributed by atoms with Gasteiger partial charge in [0.25, 0.3) is 0 Å². The van der Waals surface area contributed by atoms with Gasteiger partial charge in [0.1, 0.15) is 22.7 Å². The molecule has 4 aromatic rings. The minimum atomic E-state index is -0.994. The Morgan fingerprint density at radius 1 is 0.907 bits per heavy atom. The molecule has 2 N–H and O–H groups in total. The fourth-order valence-corrected chi connectivity index (χ4v) is 8.13. The monoisotopic (exact) mass is 576 g/mol. The van der Waals surface area contributed by atoms with Crippen molar-refractivity contribution in [2.24, 2.45) is 11.8 Å². The summed E-state index contributed by atoms with van der Waals surface area (Å²) in [6, 6.07) is 19.9. The molecule has 2 saturated heterocycles. The lowest BCUT2D eigenvalue weighted by molar-refractivity contribution is 0.0316. The number of fused-ring (bicyclic) bond motifs is 1. The highest BCUT2D eigenvalue weighted by atomic mass is 16.5. The van der Waals surface area contributed by atoms with Crippen LogP contribution in [0.5, 0.6) is 11.5 Å². The van der Waals surface area contributed by atoms with Crippen molar-refractivity contribution in [2.45, 2.75) is 69.4 Å². The molecular formula is C36H40N4O3. The van der Waals surface area contributed by atoms with Gasteiger partial charge in [-0.05, 0) is 111 Å². The highest BCUT2D eigenvalue weighted by Crippen LogP contribution is 2.49. The molecule has 222 valence electrons. The van der Waals surface area contributed by atoms with Crippen molar-refractivity contribution in [3.8, 4) is 11.5 Å². The number of hydrogen-bond acceptors (Lipinski definition) is 5. The molecule has 4 heterocycles. The molecule has 2 aromatic heterocycles. The number of carboxylic acid groups (broad SMARTS) is 1. The second-order valence-corrected chi connectivity index (χ2v) is 13.2. The van der Waals surface area contributed by atoms with E-state index in [9.17, 15) is 9.90 Å². The summed E-state index contributed by atoms with van der Waals surface area (Å²) in [7, 11) is 0. The number of likely N-dealkylation sites (tertiary alicyclic amines) is 1. The van der Waals surface area contributed by atoms with Crippen LogP contribution in [-0.2, 0) is 0 Å². The number of ether oxygens (including phenoxy) is 1. The Balaban J connectivity index is 0.898. The number of aromatic amines is 1. The second kappa shape index (κ2) is 11.0. The van der Waals surface area contributed by atoms with E-state index in [2.05, 4.69) is 44.0 Å². The van der Waals surface area contributed by atoms with Crippen molar-refractivity contribution in [2.75, 3.05) is 24.5 Å². The van der Waals surface area contributed by atoms with Gasteiger partial charge in [0.15, 0.2) is 0 Å². The lowest BCUT2D eigenvalue weighted by atomic mass is 9.68. The van der Waals surface area contributed by atoms with Crippen LogP contribution < -0.4 is 9.64 Å². The van der Waals surface area contributed by atoms with Gasteiger partial charge in [-0.1, -0.05) is 24.3 Å². The van der Waals surface area contributed by atoms with Gasteiger partial charge in [-0.3, -0.25) is 4.90 Å². The molecule has 0 radical (unpaired) electrons. The SMILES string of the molecule is O=C(O)c1ccc(N2CCC(C3CC(N4CCCC4c4ccccc4C4CC4)C3)CC2)cc1Oc1cnc2[nH]ccc2c1. The fourth-order valence-electron chi connectivity index (χ4n) is 8.13. The van der Waals surface area contributed by atoms with E-state index in [1.807, 2.05) is 30.5 Å². The number of benzene rings is 2. The molecular weight excluding hydrogens is 536 g/mol. The van der Waals surface area contributed by atoms with Crippen molar-refractivity contribution < 1.29 is 14.6 Å². The lowest BCUT2D eigenvalue weighted by Gasteiger charge is -2.49. The summed E-state index contributed by atoms with van der Waals surface area (Å²) in [5, 5.41) is 10.7. The van der Waals surface area contributed by atoms with Gasteiger partial charge in [0.05, 0.1) is 6.20 Å². The van der Waals surface area contributed by atoms with Crippen LogP contribution in [0.2, 0.25) is 0 Å². The van der Waals surface area contributed by atoms with E-state index < -0.39 is 5.97 Å². The highest BCUT2D eigenvalue weighted by Gasteiger charge is 2.43. The third-order valence-corrected chi connectivity index (χ3v) is 10.7. The number of piperidine rings is 1. The first-order valence-electron chi connectivity index (χ1n) is 16.2. The first kappa shape index (κ1) is 26.8. The first-order valence-corrected chi connectivity index (χ1v) is 16.2. The van der Waals surface area contributed by atoms with E-state index in [0.29, 0.717) is 17.5 Å². The standard InChI is InChI=1S/C36H40N4O3/c41-36(42)32-10-9-27(21-34(32)43-29-20-25-11-14-37-35(25)38-22-29)39-16-12-23(13-17-39)26-18-28(19-26)40-15-3-6-33(40)31-5-2-1-4-30(31)24-7-8-24/h1-2,4-5,9-11,14,20-24,26,28,33H,3,6-8,12-13,15-19H2,(H,37,38)(H,41,42). The Bertz CT molecular complexity index is 1630. The molecule has 2 aromatic carbocycles. The third kappa shape index (κ3) is 5.18. The maximum Gasteiger partial charge on any atom is 0.339 e. The van der Waals surface area contributed by atoms with Crippen LogP contribution in [0.25, 0.3) is 11.0 Å². The number of aromatic nitrogens is 2. The van der Waals surface area contributed by atoms with E-state index in [0.717, 1.165) is 53.6 Å². The van der Waals surface area contributed by atoms with Gasteiger partial charge >= 0.3 is 5.97 Å². The first-order chi connectivity index (χ1) is 21.1. The summed E-state index contributed by atoms with van der Waals surface area (Å²) in [5.41, 5.74) is 5.21. The summed E-state index contributed by atoms with van der Waals surface area (Å²) in [4.78, 5) is 24.7. The Morgan fingerprint density at radius 2 is 1.72 bits per heavy atom. The van der Waals surface area contributed by atoms with Crippen LogP contribution in [-0.4, -0.2) is 51.6 Å². The number of pyridine rings is 1. The molecule has 4 fully saturated rings. The number of carboxylic acids is 1. The minimum absolute atomic E-state index is 0.160. The quantitative estimate of drug-likeness (QED) is 0.223. The number of rotatable bonds is 8. The topological polar surface area (TPSA) is 81.7 Å². The van der Waals surface area contributed by atoms with Crippen LogP contribution >= 0.6 is 0 Å². The minimum Gasteiger partial charge on any atom is -0.478 e. The van der Waals surface area contributed by atoms with E-state index in [1.165, 1.54) is 57.9 Å². The molecule has 2 saturated carbocycles. The van der Waals surface area contributed by atoms with Gasteiger partial charge in [-0.2, -0.15) is 0 Å². The Kier molecular flexibility index (Phi) is 6.86. The van der Waals surface area contributed by atoms with Crippen LogP contribution in [0.15, 0.2) is 67.0 Å². The normalized spacial score (nSPS) is 24.7. The van der Waals surface area contributed by atoms with Crippen LogP contribution in [0.1, 0.15) is 84.8 Å². The zero-order chi connectivity index (χ0) is 28.9. The molecule has 8 rings (SSSR count). The number of nitrogens with zero attached hydrogens (tertiary/aromatic N) is 3. The van der Waals surface area contributed by atoms with Crippen LogP contribution in [0.3, 0.4) is 0 Å². The second-order valence-electron chi connectivity index (χ2n) is 13.2. The van der Waals surface area contributed by atoms with Gasteiger partial charge < -0.3 is 19.7 Å². The molecule has 0 spiro atoms. The molecule has 43 heavy (non-hydrogen) atoms. The van der Waals surface area contributed by atoms with Crippen molar-refractivity contribution in [1.29, 1.82) is 0 Å². The molecule has 2 aliphatic heterocycles. The smallest absolute Gasteiger partial charge is 0.339 e. The third-order valence-electron chi connectivity index (χ3n) is 10.7. The Morgan fingerprint density at radius 3 is 2.51 bits per heavy atom. The maximum absolute atomic E-state index is 12.0. The van der Waals surface area contributed by atoms with Crippen molar-refractivity contribution in [3.63, 3.8) is 0 Å². The van der Waals surface area contributed by atoms with Crippen molar-refractivity contribution in [1.82, 2.24) is 14.9 Å². The van der Waals surface area contributed by atoms with Crippen LogP contribution in [0, 0.1) is 11.8 Å². The highest BCUT2D eigenvalue weighted by molar-refractivity contribution is 5.92. The average molecular weight is 577 g/mol. The largest absolute Gasteiger partial charge is 0.478 e. The Labute approximate surface area is 252 Å². The number of carbonyl (C=O) groups is 1. The molecule has 1 atom stereocenters. The van der Waals surface area contributed by atoms with Gasteiger partial charge in [0, 0.05) is 48.5 Å². The fraction of sp³-hybridized carbons (Fsp3) is 0.444. The van der Waals surface area contributed by atoms with E-state index in [1.54, 1.807) is 23.4 Å². The summed E-state index contributed by atoms with van der Waals surface area (Å²) in [6.45, 7) is 3.25. The number of anilines is 1. The zero-order valence-electron chi connectivity index (χ0n) is 24.6. The van der Waals surface area contributed by atoms with Crippen molar-refractivity contribution >= 4 is 22.7 Å². The molecule has 1 unspecified atom stereocenters. The molecule has 0 amide bonds. The number of nitrogens with one attached hydrogen (secondary N) is 1. The number of aromatic carboxylic acids is 1. The number of hydrogen-bond donors (Lipinski definition) is 2. The van der Waals surface area contributed by atoms with E-state index in [-0.39, 0.29) is 5.56 Å². The van der Waals surface area contributed by atoms with E-state index >= 15 is 0 Å². The lowest BCUT2D eigenvalue weighted by Crippen LogP contribution is -2.48. The van der Waals surface area contributed by atoms with Crippen molar-refractivity contribution in [3.05, 3.63) is 83.7 Å². The average Bonchev–Trinajstić information content (AvgIpc) is 3.56. The summed E-state index contributed by atoms with van der Waals surface area (Å²) < 4.78 is 6.10. The zero-order valence-corrected chi connectivity index (χ0v) is 24.6. The maximum atomic E-state index is 12.0. The summed E-state index contributed by atoms with van der Waals surface area (Å²) >= 11 is 0. The summed E-state index contributed by atoms with van der Waals surface area (Å²) in [5.74, 6) is 2.31. The summed E-state index contributed by atoms with van der Waals surface area (Å²) in [6.07, 6.45) is 13.9. The van der Waals surface area contributed by atoms with Gasteiger partial charge in [0.2, 0.25) is 0 Å². The number of H-pyrrole nitrogens is 1. The predicted octanol–water partition coefficient (Wildman–Crippen LogP) is 7.76. The molecule has 0 bridgehead atoms. The Hall–Kier alpha value is -3.84. The van der Waals surface area contributed by atoms with Crippen LogP contribution in [0.4, 0.5) is 5.69 Å². The molecule has 7 heteroatoms. The van der Waals surface area contributed by atoms with E-state index in [4.69, 9.17) is 4.74 Å². The molecule has 4 aliphatic rings. The predicted molar refractivity (Wildman–Crippen MR) is 168 cm³/mol. The van der Waals surface area contributed by atoms with Gasteiger partial charge in [-0.25, -0.2) is 9.78 Å². The molecule has 7 nitrogen and oxygen atoms in total. The van der Waals surface area contributed by atoms with Gasteiger partial charge in [-0.15, -0.1) is 0 Å².